The summed E-state index contributed by atoms with van der Waals surface area (Å²) in [5.74, 6) is -0.0798. The number of nitrogens with zero attached hydrogens (tertiary/aromatic N) is 6. The number of phenols is 1. The fourth-order valence-electron chi connectivity index (χ4n) is 7.63. The first-order valence-electron chi connectivity index (χ1n) is 16.0. The van der Waals surface area contributed by atoms with E-state index < -0.39 is 34.2 Å². The maximum Gasteiger partial charge on any atom is 0.424 e. The number of hydrogen-bond donors (Lipinski definition) is 1. The van der Waals surface area contributed by atoms with Gasteiger partial charge in [-0.2, -0.15) is 27.0 Å². The molecule has 14 heteroatoms. The predicted molar refractivity (Wildman–Crippen MR) is 173 cm³/mol. The van der Waals surface area contributed by atoms with Crippen LogP contribution in [0.25, 0.3) is 32.8 Å². The van der Waals surface area contributed by atoms with Crippen molar-refractivity contribution in [1.29, 1.82) is 0 Å². The number of aromatic hydroxyl groups is 1. The fraction of sp³-hybridized carbons (Fsp3) is 0.424. The molecule has 1 N–H and O–H groups in total. The van der Waals surface area contributed by atoms with Crippen LogP contribution in [0.5, 0.6) is 11.8 Å². The number of ether oxygens (including phenoxy) is 2. The smallest absolute Gasteiger partial charge is 0.424 e. The van der Waals surface area contributed by atoms with Crippen LogP contribution in [-0.2, 0) is 14.9 Å². The van der Waals surface area contributed by atoms with Gasteiger partial charge in [0, 0.05) is 42.2 Å². The van der Waals surface area contributed by atoms with Crippen LogP contribution < -0.4 is 9.64 Å². The summed E-state index contributed by atoms with van der Waals surface area (Å²) >= 11 is 0. The molecule has 47 heavy (non-hydrogen) atoms. The minimum Gasteiger partial charge on any atom is -0.508 e. The van der Waals surface area contributed by atoms with Crippen LogP contribution in [0.2, 0.25) is 0 Å². The van der Waals surface area contributed by atoms with Gasteiger partial charge in [-0.05, 0) is 73.8 Å². The molecule has 4 aliphatic heterocycles. The number of aromatic nitrogens is 2. The lowest BCUT2D eigenvalue weighted by Gasteiger charge is -2.41. The van der Waals surface area contributed by atoms with Crippen molar-refractivity contribution in [3.05, 3.63) is 54.3 Å². The van der Waals surface area contributed by atoms with Gasteiger partial charge in [-0.1, -0.05) is 30.3 Å². The second-order valence-electron chi connectivity index (χ2n) is 12.8. The van der Waals surface area contributed by atoms with Crippen LogP contribution in [0, 0.1) is 5.82 Å². The molecule has 2 bridgehead atoms. The molecule has 0 saturated carbocycles. The van der Waals surface area contributed by atoms with Gasteiger partial charge in [0.2, 0.25) is 0 Å². The van der Waals surface area contributed by atoms with Crippen molar-refractivity contribution in [2.24, 2.45) is 0 Å². The van der Waals surface area contributed by atoms with E-state index in [-0.39, 0.29) is 42.0 Å². The second kappa shape index (κ2) is 11.5. The van der Waals surface area contributed by atoms with E-state index in [1.54, 1.807) is 24.3 Å². The molecule has 3 atom stereocenters. The van der Waals surface area contributed by atoms with Crippen molar-refractivity contribution in [3.63, 3.8) is 0 Å². The molecular formula is C33H35FN6O6S. The number of amides is 1. The summed E-state index contributed by atoms with van der Waals surface area (Å²) in [6, 6.07) is 13.6. The summed E-state index contributed by atoms with van der Waals surface area (Å²) in [4.78, 5) is 25.8. The Bertz CT molecular complexity index is 2000. The van der Waals surface area contributed by atoms with Gasteiger partial charge in [0.15, 0.2) is 5.82 Å². The zero-order chi connectivity index (χ0) is 32.4. The van der Waals surface area contributed by atoms with E-state index in [9.17, 15) is 18.3 Å². The topological polar surface area (TPSA) is 129 Å². The number of halogens is 1. The van der Waals surface area contributed by atoms with Crippen LogP contribution in [0.15, 0.2) is 48.5 Å². The molecule has 5 heterocycles. The van der Waals surface area contributed by atoms with Crippen molar-refractivity contribution in [1.82, 2.24) is 23.5 Å². The SMILES string of the molecule is CN1CCC[C@H]1COc1nc(N2CC3CCC(C2)N3S(=O)(=O)N2CCOC2=O)c2ccc(-c3cc(O)cc4ccccc34)c(F)c2n1. The molecule has 0 aliphatic carbocycles. The molecule has 12 nitrogen and oxygen atoms in total. The Morgan fingerprint density at radius 2 is 1.79 bits per heavy atom. The van der Waals surface area contributed by atoms with Crippen molar-refractivity contribution in [2.45, 2.75) is 43.8 Å². The van der Waals surface area contributed by atoms with Gasteiger partial charge in [-0.15, -0.1) is 0 Å². The number of likely N-dealkylation sites (N-methyl/N-ethyl adjacent to an activating group) is 1. The molecule has 0 radical (unpaired) electrons. The van der Waals surface area contributed by atoms with E-state index in [0.717, 1.165) is 34.5 Å². The Hall–Kier alpha value is -4.27. The largest absolute Gasteiger partial charge is 0.508 e. The van der Waals surface area contributed by atoms with Gasteiger partial charge in [0.1, 0.15) is 30.3 Å². The van der Waals surface area contributed by atoms with Crippen molar-refractivity contribution in [2.75, 3.05) is 51.3 Å². The summed E-state index contributed by atoms with van der Waals surface area (Å²) in [5.41, 5.74) is 0.897. The molecule has 1 amide bonds. The lowest BCUT2D eigenvalue weighted by molar-refractivity contribution is 0.167. The normalized spacial score (nSPS) is 23.7. The van der Waals surface area contributed by atoms with Crippen molar-refractivity contribution in [3.8, 4) is 22.9 Å². The lowest BCUT2D eigenvalue weighted by atomic mass is 9.96. The number of rotatable bonds is 7. The average Bonchev–Trinajstić information content (AvgIpc) is 3.76. The molecule has 4 saturated heterocycles. The Labute approximate surface area is 271 Å². The van der Waals surface area contributed by atoms with Gasteiger partial charge in [0.25, 0.3) is 0 Å². The number of piperazine rings is 1. The number of carbonyl (C=O) groups is 1. The molecule has 4 fully saturated rings. The molecular weight excluding hydrogens is 627 g/mol. The molecule has 8 rings (SSSR count). The van der Waals surface area contributed by atoms with Gasteiger partial charge in [-0.25, -0.2) is 9.18 Å². The summed E-state index contributed by atoms with van der Waals surface area (Å²) in [5, 5.41) is 12.5. The zero-order valence-corrected chi connectivity index (χ0v) is 26.7. The number of benzene rings is 3. The third kappa shape index (κ3) is 5.09. The summed E-state index contributed by atoms with van der Waals surface area (Å²) in [7, 11) is -2.02. The van der Waals surface area contributed by atoms with E-state index in [1.807, 2.05) is 36.2 Å². The van der Waals surface area contributed by atoms with E-state index in [0.29, 0.717) is 49.3 Å². The Morgan fingerprint density at radius 1 is 1.00 bits per heavy atom. The summed E-state index contributed by atoms with van der Waals surface area (Å²) < 4.78 is 57.2. The quantitative estimate of drug-likeness (QED) is 0.309. The van der Waals surface area contributed by atoms with Gasteiger partial charge < -0.3 is 24.4 Å². The molecule has 4 aromatic rings. The van der Waals surface area contributed by atoms with Crippen LogP contribution in [0.4, 0.5) is 15.0 Å². The highest BCUT2D eigenvalue weighted by Crippen LogP contribution is 2.41. The number of phenolic OH excluding ortho intramolecular Hbond substituents is 1. The lowest BCUT2D eigenvalue weighted by Crippen LogP contribution is -2.59. The first-order chi connectivity index (χ1) is 22.7. The second-order valence-corrected chi connectivity index (χ2v) is 14.5. The zero-order valence-electron chi connectivity index (χ0n) is 25.9. The van der Waals surface area contributed by atoms with Crippen molar-refractivity contribution >= 4 is 43.8 Å². The van der Waals surface area contributed by atoms with E-state index >= 15 is 4.39 Å². The highest BCUT2D eigenvalue weighted by atomic mass is 32.2. The molecule has 3 aromatic carbocycles. The third-order valence-electron chi connectivity index (χ3n) is 9.96. The van der Waals surface area contributed by atoms with E-state index in [4.69, 9.17) is 14.5 Å². The van der Waals surface area contributed by atoms with E-state index in [2.05, 4.69) is 9.88 Å². The third-order valence-corrected chi connectivity index (χ3v) is 12.0. The molecule has 246 valence electrons. The standard InChI is InChI=1S/C33H35FN6O6S/c1-37-12-4-6-23(37)19-46-32-35-30-27(11-10-26(29(30)34)28-16-24(41)15-20-5-2-3-7-25(20)28)31(36-32)38-17-21-8-9-22(18-38)40(21)47(43,44)39-13-14-45-33(39)42/h2-3,5,7,10-11,15-16,21-23,41H,4,6,8-9,12-14,17-19H2,1H3/t21?,22?,23-/m0/s1. The molecule has 1 aromatic heterocycles. The summed E-state index contributed by atoms with van der Waals surface area (Å²) in [6.07, 6.45) is 2.42. The molecule has 0 spiro atoms. The number of anilines is 1. The Morgan fingerprint density at radius 3 is 2.51 bits per heavy atom. The van der Waals surface area contributed by atoms with Crippen LogP contribution in [0.3, 0.4) is 0 Å². The van der Waals surface area contributed by atoms with Crippen LogP contribution in [0.1, 0.15) is 25.7 Å². The maximum atomic E-state index is 16.7. The Kier molecular flexibility index (Phi) is 7.33. The fourth-order valence-corrected chi connectivity index (χ4v) is 9.51. The highest BCUT2D eigenvalue weighted by Gasteiger charge is 2.51. The van der Waals surface area contributed by atoms with Gasteiger partial charge >= 0.3 is 22.3 Å². The number of cyclic esters (lactones) is 1. The minimum atomic E-state index is -4.07. The maximum absolute atomic E-state index is 16.7. The average molecular weight is 663 g/mol. The Balaban J connectivity index is 1.20. The molecule has 4 aliphatic rings. The number of carbonyl (C=O) groups excluding carboxylic acids is 1. The van der Waals surface area contributed by atoms with E-state index in [1.165, 1.54) is 4.31 Å². The van der Waals surface area contributed by atoms with Gasteiger partial charge in [0.05, 0.1) is 6.54 Å². The number of hydrogen-bond acceptors (Lipinski definition) is 10. The van der Waals surface area contributed by atoms with Gasteiger partial charge in [-0.3, -0.25) is 0 Å². The molecule has 2 unspecified atom stereocenters. The summed E-state index contributed by atoms with van der Waals surface area (Å²) in [6.45, 7) is 1.95. The number of likely N-dealkylation sites (tertiary alicyclic amines) is 1. The first-order valence-corrected chi connectivity index (χ1v) is 17.4. The van der Waals surface area contributed by atoms with Crippen LogP contribution >= 0.6 is 0 Å². The minimum absolute atomic E-state index is 0.00959. The monoisotopic (exact) mass is 662 g/mol. The van der Waals surface area contributed by atoms with Crippen molar-refractivity contribution < 1.29 is 32.2 Å². The first kappa shape index (κ1) is 30.1. The predicted octanol–water partition coefficient (Wildman–Crippen LogP) is 4.12. The highest BCUT2D eigenvalue weighted by molar-refractivity contribution is 7.87. The number of fused-ring (bicyclic) bond motifs is 4. The van der Waals surface area contributed by atoms with Crippen LogP contribution in [-0.4, -0.2) is 108 Å².